The van der Waals surface area contributed by atoms with E-state index in [-0.39, 0.29) is 11.4 Å². The molecule has 0 heterocycles. The van der Waals surface area contributed by atoms with Gasteiger partial charge in [0.15, 0.2) is 0 Å². The van der Waals surface area contributed by atoms with Gasteiger partial charge in [0.05, 0.1) is 0 Å². The van der Waals surface area contributed by atoms with Gasteiger partial charge in [0, 0.05) is 5.57 Å². The second kappa shape index (κ2) is 4.81. The van der Waals surface area contributed by atoms with E-state index >= 15 is 0 Å². The van der Waals surface area contributed by atoms with E-state index in [0.29, 0.717) is 17.9 Å². The molecule has 2 fully saturated rings. The van der Waals surface area contributed by atoms with Gasteiger partial charge in [-0.2, -0.15) is 0 Å². The summed E-state index contributed by atoms with van der Waals surface area (Å²) in [6.45, 7) is 12.9. The zero-order valence-corrected chi connectivity index (χ0v) is 12.7. The van der Waals surface area contributed by atoms with E-state index in [1.165, 1.54) is 12.8 Å². The lowest BCUT2D eigenvalue weighted by atomic mass is 9.65. The Morgan fingerprint density at radius 2 is 2.11 bits per heavy atom. The van der Waals surface area contributed by atoms with Crippen molar-refractivity contribution in [3.63, 3.8) is 0 Å². The lowest BCUT2D eigenvalue weighted by Crippen LogP contribution is -2.35. The quantitative estimate of drug-likeness (QED) is 0.433. The molecular weight excluding hydrogens is 236 g/mol. The normalized spacial score (nSPS) is 36.3. The molecule has 1 unspecified atom stereocenters. The van der Waals surface area contributed by atoms with Crippen LogP contribution < -0.4 is 0 Å². The van der Waals surface area contributed by atoms with E-state index in [0.717, 1.165) is 17.9 Å². The van der Waals surface area contributed by atoms with Crippen LogP contribution in [-0.4, -0.2) is 12.6 Å². The highest BCUT2D eigenvalue weighted by molar-refractivity contribution is 5.89. The first-order chi connectivity index (χ1) is 8.88. The van der Waals surface area contributed by atoms with Gasteiger partial charge in [-0.25, -0.2) is 4.79 Å². The summed E-state index contributed by atoms with van der Waals surface area (Å²) in [5.74, 6) is 0.935. The Hall–Kier alpha value is -1.05. The molecule has 2 rings (SSSR count). The second-order valence-corrected chi connectivity index (χ2v) is 6.79. The Labute approximate surface area is 116 Å². The molecule has 2 aliphatic rings. The summed E-state index contributed by atoms with van der Waals surface area (Å²) in [7, 11) is 0. The average molecular weight is 262 g/mol. The van der Waals surface area contributed by atoms with Crippen LogP contribution in [0, 0.1) is 22.7 Å². The Bertz CT molecular complexity index is 419. The minimum atomic E-state index is -0.156. The number of carbonyl (C=O) groups excluding carboxylic acids is 1. The third-order valence-electron chi connectivity index (χ3n) is 6.05. The maximum Gasteiger partial charge on any atom is 0.334 e. The summed E-state index contributed by atoms with van der Waals surface area (Å²) in [6, 6.07) is 0. The second-order valence-electron chi connectivity index (χ2n) is 6.79. The van der Waals surface area contributed by atoms with E-state index in [9.17, 15) is 4.79 Å². The molecule has 19 heavy (non-hydrogen) atoms. The fraction of sp³-hybridized carbons (Fsp3) is 0.706. The van der Waals surface area contributed by atoms with Crippen molar-refractivity contribution in [1.29, 1.82) is 0 Å². The summed E-state index contributed by atoms with van der Waals surface area (Å²) < 4.78 is 5.25. The highest BCUT2D eigenvalue weighted by Crippen LogP contribution is 2.69. The molecule has 0 aromatic rings. The number of rotatable bonds is 4. The molecule has 0 N–H and O–H groups in total. The van der Waals surface area contributed by atoms with Gasteiger partial charge >= 0.3 is 5.97 Å². The van der Waals surface area contributed by atoms with Gasteiger partial charge < -0.3 is 4.74 Å². The molecular formula is C17H26O2. The van der Waals surface area contributed by atoms with Gasteiger partial charge in [-0.05, 0) is 48.9 Å². The summed E-state index contributed by atoms with van der Waals surface area (Å²) in [5.41, 5.74) is 1.43. The van der Waals surface area contributed by atoms with Gasteiger partial charge in [-0.3, -0.25) is 0 Å². The van der Waals surface area contributed by atoms with E-state index < -0.39 is 0 Å². The molecule has 2 heteroatoms. The maximum absolute atomic E-state index is 12.2. The SMILES string of the molecule is C=CCOC(=O)C(=CC)C1C[C@H]2CC[C@@]1(C)C2(C)C. The number of allylic oxidation sites excluding steroid dienone is 1. The van der Waals surface area contributed by atoms with Crippen LogP contribution in [0.15, 0.2) is 24.3 Å². The predicted molar refractivity (Wildman–Crippen MR) is 77.6 cm³/mol. The van der Waals surface area contributed by atoms with Crippen molar-refractivity contribution < 1.29 is 9.53 Å². The minimum absolute atomic E-state index is 0.156. The Kier molecular flexibility index (Phi) is 3.63. The average Bonchev–Trinajstić information content (AvgIpc) is 2.70. The first-order valence-electron chi connectivity index (χ1n) is 7.32. The molecule has 2 nitrogen and oxygen atoms in total. The minimum Gasteiger partial charge on any atom is -0.458 e. The predicted octanol–water partition coefficient (Wildman–Crippen LogP) is 4.12. The molecule has 0 aromatic carbocycles. The van der Waals surface area contributed by atoms with Crippen LogP contribution in [-0.2, 0) is 9.53 Å². The highest BCUT2D eigenvalue weighted by Gasteiger charge is 2.62. The Morgan fingerprint density at radius 3 is 2.53 bits per heavy atom. The molecule has 0 amide bonds. The third-order valence-corrected chi connectivity index (χ3v) is 6.05. The van der Waals surface area contributed by atoms with Crippen molar-refractivity contribution >= 4 is 5.97 Å². The molecule has 0 spiro atoms. The molecule has 106 valence electrons. The number of fused-ring (bicyclic) bond motifs is 2. The summed E-state index contributed by atoms with van der Waals surface area (Å²) >= 11 is 0. The van der Waals surface area contributed by atoms with Crippen LogP contribution in [0.2, 0.25) is 0 Å². The fourth-order valence-electron chi connectivity index (χ4n) is 4.35. The molecule has 0 radical (unpaired) electrons. The van der Waals surface area contributed by atoms with Crippen LogP contribution in [0.25, 0.3) is 0 Å². The van der Waals surface area contributed by atoms with Crippen LogP contribution >= 0.6 is 0 Å². The van der Waals surface area contributed by atoms with Crippen molar-refractivity contribution in [2.24, 2.45) is 22.7 Å². The Balaban J connectivity index is 2.23. The fourth-order valence-corrected chi connectivity index (χ4v) is 4.35. The first kappa shape index (κ1) is 14.4. The summed E-state index contributed by atoms with van der Waals surface area (Å²) in [4.78, 5) is 12.2. The van der Waals surface area contributed by atoms with Gasteiger partial charge in [0.25, 0.3) is 0 Å². The van der Waals surface area contributed by atoms with Crippen LogP contribution in [0.1, 0.15) is 47.0 Å². The standard InChI is InChI=1S/C17H26O2/c1-6-10-19-15(18)13(7-2)14-11-12-8-9-17(14,5)16(12,3)4/h6-7,12,14H,1,8-11H2,2-5H3/t12-,14?,17-/m1/s1. The topological polar surface area (TPSA) is 26.3 Å². The van der Waals surface area contributed by atoms with Gasteiger partial charge in [0.2, 0.25) is 0 Å². The van der Waals surface area contributed by atoms with Crippen molar-refractivity contribution in [3.8, 4) is 0 Å². The van der Waals surface area contributed by atoms with E-state index in [2.05, 4.69) is 27.4 Å². The van der Waals surface area contributed by atoms with Gasteiger partial charge in [-0.15, -0.1) is 0 Å². The summed E-state index contributed by atoms with van der Waals surface area (Å²) in [5, 5.41) is 0. The number of carbonyl (C=O) groups is 1. The number of esters is 1. The van der Waals surface area contributed by atoms with Crippen molar-refractivity contribution in [2.75, 3.05) is 6.61 Å². The van der Waals surface area contributed by atoms with Crippen LogP contribution in [0.5, 0.6) is 0 Å². The van der Waals surface area contributed by atoms with Crippen LogP contribution in [0.4, 0.5) is 0 Å². The van der Waals surface area contributed by atoms with E-state index in [4.69, 9.17) is 4.74 Å². The zero-order chi connectivity index (χ0) is 14.3. The molecule has 0 aliphatic heterocycles. The van der Waals surface area contributed by atoms with Crippen LogP contribution in [0.3, 0.4) is 0 Å². The molecule has 3 atom stereocenters. The van der Waals surface area contributed by atoms with Crippen molar-refractivity contribution in [2.45, 2.75) is 47.0 Å². The smallest absolute Gasteiger partial charge is 0.334 e. The Morgan fingerprint density at radius 1 is 1.42 bits per heavy atom. The lowest BCUT2D eigenvalue weighted by Gasteiger charge is -2.39. The number of hydrogen-bond donors (Lipinski definition) is 0. The molecule has 0 saturated heterocycles. The number of ether oxygens (including phenoxy) is 1. The molecule has 2 bridgehead atoms. The lowest BCUT2D eigenvalue weighted by molar-refractivity contribution is -0.139. The van der Waals surface area contributed by atoms with E-state index in [1.807, 2.05) is 13.0 Å². The monoisotopic (exact) mass is 262 g/mol. The molecule has 0 aromatic heterocycles. The third kappa shape index (κ3) is 1.96. The highest BCUT2D eigenvalue weighted by atomic mass is 16.5. The first-order valence-corrected chi connectivity index (χ1v) is 7.32. The van der Waals surface area contributed by atoms with Crippen molar-refractivity contribution in [3.05, 3.63) is 24.3 Å². The maximum atomic E-state index is 12.2. The molecule has 2 saturated carbocycles. The largest absolute Gasteiger partial charge is 0.458 e. The van der Waals surface area contributed by atoms with Gasteiger partial charge in [0.1, 0.15) is 6.61 Å². The zero-order valence-electron chi connectivity index (χ0n) is 12.7. The molecule has 2 aliphatic carbocycles. The number of hydrogen-bond acceptors (Lipinski definition) is 2. The summed E-state index contributed by atoms with van der Waals surface area (Å²) in [6.07, 6.45) is 7.24. The van der Waals surface area contributed by atoms with Crippen molar-refractivity contribution in [1.82, 2.24) is 0 Å². The van der Waals surface area contributed by atoms with Gasteiger partial charge in [-0.1, -0.05) is 39.5 Å². The van der Waals surface area contributed by atoms with E-state index in [1.54, 1.807) is 6.08 Å².